The number of hydrogen-bond acceptors (Lipinski definition) is 4. The lowest BCUT2D eigenvalue weighted by Gasteiger charge is -2.06. The molecule has 0 aliphatic heterocycles. The zero-order chi connectivity index (χ0) is 13.0. The summed E-state index contributed by atoms with van der Waals surface area (Å²) in [4.78, 5) is 19.1. The van der Waals surface area contributed by atoms with Crippen molar-refractivity contribution in [3.8, 4) is 0 Å². The van der Waals surface area contributed by atoms with E-state index in [-0.39, 0.29) is 5.75 Å². The molecule has 0 unspecified atom stereocenters. The third kappa shape index (κ3) is 3.33. The van der Waals surface area contributed by atoms with E-state index < -0.39 is 5.97 Å². The highest BCUT2D eigenvalue weighted by Crippen LogP contribution is 2.16. The third-order valence-corrected chi connectivity index (χ3v) is 3.27. The Kier molecular flexibility index (Phi) is 3.99. The van der Waals surface area contributed by atoms with Gasteiger partial charge in [0.1, 0.15) is 0 Å². The van der Waals surface area contributed by atoms with Gasteiger partial charge in [-0.3, -0.25) is 9.78 Å². The monoisotopic (exact) mass is 263 g/mol. The summed E-state index contributed by atoms with van der Waals surface area (Å²) < 4.78 is 1.90. The Morgan fingerprint density at radius 1 is 1.50 bits per heavy atom. The minimum Gasteiger partial charge on any atom is -0.481 e. The van der Waals surface area contributed by atoms with Gasteiger partial charge in [-0.1, -0.05) is 17.8 Å². The van der Waals surface area contributed by atoms with Gasteiger partial charge in [-0.15, -0.1) is 0 Å². The molecule has 0 spiro atoms. The van der Waals surface area contributed by atoms with Gasteiger partial charge in [0.2, 0.25) is 0 Å². The first-order valence-electron chi connectivity index (χ1n) is 5.43. The Morgan fingerprint density at radius 2 is 2.33 bits per heavy atom. The second-order valence-electron chi connectivity index (χ2n) is 3.79. The lowest BCUT2D eigenvalue weighted by atomic mass is 10.3. The van der Waals surface area contributed by atoms with E-state index in [1.165, 1.54) is 11.8 Å². The number of hydrogen-bond donors (Lipinski definition) is 1. The maximum atomic E-state index is 10.5. The quantitative estimate of drug-likeness (QED) is 0.833. The highest BCUT2D eigenvalue weighted by atomic mass is 32.2. The Balaban J connectivity index is 2.10. The van der Waals surface area contributed by atoms with Gasteiger partial charge >= 0.3 is 5.97 Å². The van der Waals surface area contributed by atoms with Crippen LogP contribution >= 0.6 is 11.8 Å². The molecule has 0 saturated carbocycles. The summed E-state index contributed by atoms with van der Waals surface area (Å²) in [7, 11) is 0. The Bertz CT molecular complexity index is 554. The molecule has 1 N–H and O–H groups in total. The molecule has 6 heteroatoms. The van der Waals surface area contributed by atoms with Gasteiger partial charge in [0, 0.05) is 18.1 Å². The van der Waals surface area contributed by atoms with Crippen molar-refractivity contribution in [3.05, 3.63) is 42.0 Å². The van der Waals surface area contributed by atoms with Gasteiger partial charge in [0.15, 0.2) is 5.16 Å². The molecule has 2 heterocycles. The predicted octanol–water partition coefficient (Wildman–Crippen LogP) is 1.81. The Hall–Kier alpha value is -1.82. The van der Waals surface area contributed by atoms with E-state index in [4.69, 9.17) is 5.11 Å². The second-order valence-corrected chi connectivity index (χ2v) is 4.73. The van der Waals surface area contributed by atoms with Crippen LogP contribution in [0, 0.1) is 6.92 Å². The van der Waals surface area contributed by atoms with Gasteiger partial charge in [0.05, 0.1) is 18.0 Å². The van der Waals surface area contributed by atoms with Crippen LogP contribution in [0.5, 0.6) is 0 Å². The number of carboxylic acid groups (broad SMARTS) is 1. The molecule has 5 nitrogen and oxygen atoms in total. The van der Waals surface area contributed by atoms with Crippen LogP contribution in [-0.2, 0) is 11.3 Å². The van der Waals surface area contributed by atoms with Gasteiger partial charge < -0.3 is 9.67 Å². The summed E-state index contributed by atoms with van der Waals surface area (Å²) in [6.07, 6.45) is 3.49. The lowest BCUT2D eigenvalue weighted by Crippen LogP contribution is -2.05. The zero-order valence-electron chi connectivity index (χ0n) is 9.91. The largest absolute Gasteiger partial charge is 0.481 e. The Labute approximate surface area is 109 Å². The fourth-order valence-electron chi connectivity index (χ4n) is 1.54. The van der Waals surface area contributed by atoms with Gasteiger partial charge in [-0.2, -0.15) is 0 Å². The molecule has 0 saturated heterocycles. The highest BCUT2D eigenvalue weighted by Gasteiger charge is 2.07. The molecule has 2 rings (SSSR count). The molecule has 0 atom stereocenters. The van der Waals surface area contributed by atoms with Crippen LogP contribution in [0.1, 0.15) is 11.4 Å². The van der Waals surface area contributed by atoms with Crippen LogP contribution < -0.4 is 0 Å². The predicted molar refractivity (Wildman–Crippen MR) is 68.7 cm³/mol. The van der Waals surface area contributed by atoms with E-state index in [9.17, 15) is 4.79 Å². The molecule has 94 valence electrons. The maximum absolute atomic E-state index is 10.5. The topological polar surface area (TPSA) is 68.0 Å². The first-order chi connectivity index (χ1) is 8.65. The first-order valence-corrected chi connectivity index (χ1v) is 6.42. The van der Waals surface area contributed by atoms with Gasteiger partial charge in [-0.05, 0) is 19.1 Å². The van der Waals surface area contributed by atoms with Crippen LogP contribution in [0.3, 0.4) is 0 Å². The number of nitrogens with zero attached hydrogens (tertiary/aromatic N) is 3. The number of aryl methyl sites for hydroxylation is 1. The summed E-state index contributed by atoms with van der Waals surface area (Å²) >= 11 is 1.21. The number of imidazole rings is 1. The second kappa shape index (κ2) is 5.68. The van der Waals surface area contributed by atoms with Gasteiger partial charge in [0.25, 0.3) is 0 Å². The van der Waals surface area contributed by atoms with Crippen LogP contribution in [0.2, 0.25) is 0 Å². The molecule has 0 bridgehead atoms. The van der Waals surface area contributed by atoms with Crippen molar-refractivity contribution >= 4 is 17.7 Å². The normalized spacial score (nSPS) is 10.5. The van der Waals surface area contributed by atoms with Crippen molar-refractivity contribution in [1.29, 1.82) is 0 Å². The van der Waals surface area contributed by atoms with E-state index in [0.717, 1.165) is 11.4 Å². The fraction of sp³-hybridized carbons (Fsp3) is 0.250. The van der Waals surface area contributed by atoms with Crippen molar-refractivity contribution < 1.29 is 9.90 Å². The van der Waals surface area contributed by atoms with Crippen molar-refractivity contribution in [2.75, 3.05) is 5.75 Å². The lowest BCUT2D eigenvalue weighted by molar-refractivity contribution is -0.133. The number of carboxylic acids is 1. The molecule has 0 radical (unpaired) electrons. The summed E-state index contributed by atoms with van der Waals surface area (Å²) in [5, 5.41) is 9.35. The summed E-state index contributed by atoms with van der Waals surface area (Å²) in [5.41, 5.74) is 1.90. The molecule has 0 amide bonds. The van der Waals surface area contributed by atoms with Crippen molar-refractivity contribution in [2.45, 2.75) is 18.6 Å². The average Bonchev–Trinajstić information content (AvgIpc) is 2.74. The SMILES string of the molecule is Cc1cccc(Cn2ccnc2SCC(=O)O)n1. The molecule has 2 aromatic heterocycles. The average molecular weight is 263 g/mol. The molecule has 18 heavy (non-hydrogen) atoms. The minimum atomic E-state index is -0.844. The smallest absolute Gasteiger partial charge is 0.313 e. The van der Waals surface area contributed by atoms with E-state index >= 15 is 0 Å². The van der Waals surface area contributed by atoms with Crippen LogP contribution in [0.25, 0.3) is 0 Å². The highest BCUT2D eigenvalue weighted by molar-refractivity contribution is 7.99. The summed E-state index contributed by atoms with van der Waals surface area (Å²) in [5.74, 6) is -0.832. The first kappa shape index (κ1) is 12.6. The van der Waals surface area contributed by atoms with Crippen molar-refractivity contribution in [1.82, 2.24) is 14.5 Å². The zero-order valence-corrected chi connectivity index (χ0v) is 10.7. The molecule has 2 aromatic rings. The molecular formula is C12H13N3O2S. The molecule has 0 fully saturated rings. The minimum absolute atomic E-state index is 0.0122. The third-order valence-electron chi connectivity index (χ3n) is 2.28. The maximum Gasteiger partial charge on any atom is 0.313 e. The van der Waals surface area contributed by atoms with E-state index in [0.29, 0.717) is 11.7 Å². The molecule has 0 aliphatic rings. The Morgan fingerprint density at radius 3 is 3.06 bits per heavy atom. The van der Waals surface area contributed by atoms with Crippen molar-refractivity contribution in [2.24, 2.45) is 0 Å². The number of aliphatic carboxylic acids is 1. The number of pyridine rings is 1. The summed E-state index contributed by atoms with van der Waals surface area (Å²) in [6, 6.07) is 5.84. The van der Waals surface area contributed by atoms with E-state index in [1.807, 2.05) is 35.9 Å². The fourth-order valence-corrected chi connectivity index (χ4v) is 2.22. The van der Waals surface area contributed by atoms with E-state index in [2.05, 4.69) is 9.97 Å². The number of aromatic nitrogens is 3. The standard InChI is InChI=1S/C12H13N3O2S/c1-9-3-2-4-10(14-9)7-15-6-5-13-12(15)18-8-11(16)17/h2-6H,7-8H2,1H3,(H,16,17). The number of rotatable bonds is 5. The van der Waals surface area contributed by atoms with Crippen LogP contribution in [0.4, 0.5) is 0 Å². The van der Waals surface area contributed by atoms with Crippen LogP contribution in [-0.4, -0.2) is 31.4 Å². The molecule has 0 aromatic carbocycles. The molecular weight excluding hydrogens is 250 g/mol. The summed E-state index contributed by atoms with van der Waals surface area (Å²) in [6.45, 7) is 2.54. The van der Waals surface area contributed by atoms with Crippen LogP contribution in [0.15, 0.2) is 35.7 Å². The van der Waals surface area contributed by atoms with E-state index in [1.54, 1.807) is 6.20 Å². The number of carbonyl (C=O) groups is 1. The van der Waals surface area contributed by atoms with Crippen molar-refractivity contribution in [3.63, 3.8) is 0 Å². The molecule has 0 aliphatic carbocycles. The number of thioether (sulfide) groups is 1. The van der Waals surface area contributed by atoms with Gasteiger partial charge in [-0.25, -0.2) is 4.98 Å².